The van der Waals surface area contributed by atoms with Gasteiger partial charge in [-0.1, -0.05) is 0 Å². The van der Waals surface area contributed by atoms with Crippen LogP contribution in [0.2, 0.25) is 0 Å². The van der Waals surface area contributed by atoms with Crippen LogP contribution in [0.25, 0.3) is 11.3 Å². The Labute approximate surface area is 138 Å². The van der Waals surface area contributed by atoms with Gasteiger partial charge < -0.3 is 9.15 Å². The molecule has 3 rings (SSSR count). The lowest BCUT2D eigenvalue weighted by molar-refractivity contribution is 0.0950. The predicted octanol–water partition coefficient (Wildman–Crippen LogP) is 2.83. The number of nitrogens with zero attached hydrogens (tertiary/aromatic N) is 2. The number of hydrogen-bond donors (Lipinski definition) is 2. The first-order valence-electron chi connectivity index (χ1n) is 7.42. The smallest absolute Gasteiger partial charge is 0.289 e. The maximum Gasteiger partial charge on any atom is 0.289 e. The quantitative estimate of drug-likeness (QED) is 0.538. The second-order valence-corrected chi connectivity index (χ2v) is 4.84. The molecule has 0 aliphatic carbocycles. The number of nitrogens with one attached hydrogen (secondary N) is 2. The number of aromatic nitrogens is 2. The molecule has 0 radical (unpaired) electrons. The van der Waals surface area contributed by atoms with Gasteiger partial charge in [-0.15, -0.1) is 0 Å². The molecule has 0 aliphatic rings. The minimum absolute atomic E-state index is 0.315. The van der Waals surface area contributed by atoms with Crippen molar-refractivity contribution in [1.82, 2.24) is 15.6 Å². The number of benzene rings is 1. The summed E-state index contributed by atoms with van der Waals surface area (Å²) in [6.07, 6.45) is 2.95. The van der Waals surface area contributed by atoms with Gasteiger partial charge in [0.15, 0.2) is 0 Å². The summed E-state index contributed by atoms with van der Waals surface area (Å²) in [7, 11) is 0. The molecule has 2 heterocycles. The van der Waals surface area contributed by atoms with Gasteiger partial charge in [-0.25, -0.2) is 5.43 Å². The molecule has 0 atom stereocenters. The fourth-order valence-electron chi connectivity index (χ4n) is 2.05. The van der Waals surface area contributed by atoms with Crippen molar-refractivity contribution in [2.24, 2.45) is 5.10 Å². The molecule has 0 aliphatic heterocycles. The molecule has 24 heavy (non-hydrogen) atoms. The van der Waals surface area contributed by atoms with Crippen LogP contribution in [0.15, 0.2) is 58.2 Å². The standard InChI is InChI=1S/C17H16N4O3/c1-2-23-13-7-5-12(6-8-13)15-10-16(20-19-15)17(22)21-18-11-14-4-3-9-24-14/h3-11H,2H2,1H3,(H,19,20)(H,21,22). The van der Waals surface area contributed by atoms with Gasteiger partial charge >= 0.3 is 0 Å². The Kier molecular flexibility index (Phi) is 4.71. The van der Waals surface area contributed by atoms with Crippen molar-refractivity contribution in [1.29, 1.82) is 0 Å². The van der Waals surface area contributed by atoms with Crippen molar-refractivity contribution < 1.29 is 13.9 Å². The van der Waals surface area contributed by atoms with Crippen molar-refractivity contribution in [3.8, 4) is 17.0 Å². The molecular formula is C17H16N4O3. The van der Waals surface area contributed by atoms with E-state index in [2.05, 4.69) is 20.7 Å². The normalized spacial score (nSPS) is 10.9. The molecule has 0 saturated carbocycles. The fraction of sp³-hybridized carbons (Fsp3) is 0.118. The zero-order chi connectivity index (χ0) is 16.8. The summed E-state index contributed by atoms with van der Waals surface area (Å²) in [4.78, 5) is 12.0. The van der Waals surface area contributed by atoms with Gasteiger partial charge in [0.25, 0.3) is 5.91 Å². The second-order valence-electron chi connectivity index (χ2n) is 4.84. The van der Waals surface area contributed by atoms with Crippen LogP contribution in [0.4, 0.5) is 0 Å². The number of rotatable bonds is 6. The number of carbonyl (C=O) groups is 1. The summed E-state index contributed by atoms with van der Waals surface area (Å²) < 4.78 is 10.5. The molecule has 0 unspecified atom stereocenters. The summed E-state index contributed by atoms with van der Waals surface area (Å²) in [5.74, 6) is 0.958. The van der Waals surface area contributed by atoms with Gasteiger partial charge in [0.1, 0.15) is 17.2 Å². The van der Waals surface area contributed by atoms with Crippen LogP contribution in [0.1, 0.15) is 23.2 Å². The highest BCUT2D eigenvalue weighted by atomic mass is 16.5. The maximum absolute atomic E-state index is 12.0. The fourth-order valence-corrected chi connectivity index (χ4v) is 2.05. The third-order valence-corrected chi connectivity index (χ3v) is 3.18. The number of carbonyl (C=O) groups excluding carboxylic acids is 1. The number of hydrogen-bond acceptors (Lipinski definition) is 5. The Morgan fingerprint density at radius 3 is 2.92 bits per heavy atom. The number of ether oxygens (including phenoxy) is 1. The number of aromatic amines is 1. The lowest BCUT2D eigenvalue weighted by Gasteiger charge is -2.02. The van der Waals surface area contributed by atoms with E-state index >= 15 is 0 Å². The molecule has 2 aromatic heterocycles. The number of hydrazone groups is 1. The average Bonchev–Trinajstić information content (AvgIpc) is 3.27. The van der Waals surface area contributed by atoms with E-state index in [1.54, 1.807) is 18.2 Å². The molecule has 0 saturated heterocycles. The summed E-state index contributed by atoms with van der Waals surface area (Å²) in [6.45, 7) is 2.55. The molecule has 0 bridgehead atoms. The molecule has 1 amide bonds. The van der Waals surface area contributed by atoms with Crippen molar-refractivity contribution in [2.75, 3.05) is 6.61 Å². The predicted molar refractivity (Wildman–Crippen MR) is 89.0 cm³/mol. The molecular weight excluding hydrogens is 308 g/mol. The van der Waals surface area contributed by atoms with Gasteiger partial charge in [0, 0.05) is 5.56 Å². The van der Waals surface area contributed by atoms with Crippen LogP contribution in [-0.2, 0) is 0 Å². The van der Waals surface area contributed by atoms with Gasteiger partial charge in [-0.05, 0) is 49.4 Å². The van der Waals surface area contributed by atoms with Crippen LogP contribution >= 0.6 is 0 Å². The monoisotopic (exact) mass is 324 g/mol. The van der Waals surface area contributed by atoms with Gasteiger partial charge in [0.2, 0.25) is 0 Å². The second kappa shape index (κ2) is 7.28. The molecule has 0 spiro atoms. The topological polar surface area (TPSA) is 92.5 Å². The van der Waals surface area contributed by atoms with Crippen molar-refractivity contribution in [2.45, 2.75) is 6.92 Å². The Morgan fingerprint density at radius 1 is 1.38 bits per heavy atom. The Hall–Kier alpha value is -3.35. The molecule has 7 heteroatoms. The first kappa shape index (κ1) is 15.5. The van der Waals surface area contributed by atoms with Crippen LogP contribution in [0.5, 0.6) is 5.75 Å². The van der Waals surface area contributed by atoms with E-state index in [9.17, 15) is 4.79 Å². The van der Waals surface area contributed by atoms with E-state index < -0.39 is 0 Å². The molecule has 3 aromatic rings. The lowest BCUT2D eigenvalue weighted by Crippen LogP contribution is -2.17. The van der Waals surface area contributed by atoms with Gasteiger partial charge in [-0.3, -0.25) is 9.89 Å². The van der Waals surface area contributed by atoms with E-state index in [1.165, 1.54) is 12.5 Å². The van der Waals surface area contributed by atoms with E-state index in [0.29, 0.717) is 23.8 Å². The molecule has 0 fully saturated rings. The average molecular weight is 324 g/mol. The first-order chi connectivity index (χ1) is 11.8. The number of H-pyrrole nitrogens is 1. The summed E-state index contributed by atoms with van der Waals surface area (Å²) in [6, 6.07) is 12.6. The molecule has 7 nitrogen and oxygen atoms in total. The number of amides is 1. The third-order valence-electron chi connectivity index (χ3n) is 3.18. The highest BCUT2D eigenvalue weighted by Crippen LogP contribution is 2.21. The Balaban J connectivity index is 1.65. The maximum atomic E-state index is 12.0. The van der Waals surface area contributed by atoms with Crippen LogP contribution in [0, 0.1) is 0 Å². The highest BCUT2D eigenvalue weighted by Gasteiger charge is 2.10. The van der Waals surface area contributed by atoms with Crippen LogP contribution < -0.4 is 10.2 Å². The van der Waals surface area contributed by atoms with E-state index in [4.69, 9.17) is 9.15 Å². The molecule has 122 valence electrons. The van der Waals surface area contributed by atoms with E-state index in [1.807, 2.05) is 31.2 Å². The number of furan rings is 1. The first-order valence-corrected chi connectivity index (χ1v) is 7.42. The Morgan fingerprint density at radius 2 is 2.21 bits per heavy atom. The van der Waals surface area contributed by atoms with Crippen LogP contribution in [-0.4, -0.2) is 28.9 Å². The van der Waals surface area contributed by atoms with Crippen molar-refractivity contribution >= 4 is 12.1 Å². The summed E-state index contributed by atoms with van der Waals surface area (Å²) in [5, 5.41) is 10.7. The minimum Gasteiger partial charge on any atom is -0.494 e. The van der Waals surface area contributed by atoms with E-state index in [0.717, 1.165) is 11.3 Å². The van der Waals surface area contributed by atoms with Gasteiger partial charge in [0.05, 0.1) is 24.8 Å². The zero-order valence-corrected chi connectivity index (χ0v) is 13.0. The van der Waals surface area contributed by atoms with Crippen molar-refractivity contribution in [3.05, 3.63) is 60.2 Å². The largest absolute Gasteiger partial charge is 0.494 e. The SMILES string of the molecule is CCOc1ccc(-c2cc(C(=O)NN=Cc3ccco3)[nH]n2)cc1. The molecule has 2 N–H and O–H groups in total. The highest BCUT2D eigenvalue weighted by molar-refractivity contribution is 5.93. The van der Waals surface area contributed by atoms with Crippen molar-refractivity contribution in [3.63, 3.8) is 0 Å². The Bertz CT molecular complexity index is 820. The zero-order valence-electron chi connectivity index (χ0n) is 13.0. The summed E-state index contributed by atoms with van der Waals surface area (Å²) >= 11 is 0. The molecule has 1 aromatic carbocycles. The minimum atomic E-state index is -0.387. The van der Waals surface area contributed by atoms with E-state index in [-0.39, 0.29) is 5.91 Å². The lowest BCUT2D eigenvalue weighted by atomic mass is 10.1. The third kappa shape index (κ3) is 3.70. The van der Waals surface area contributed by atoms with Crippen LogP contribution in [0.3, 0.4) is 0 Å². The van der Waals surface area contributed by atoms with Gasteiger partial charge in [-0.2, -0.15) is 10.2 Å². The summed E-state index contributed by atoms with van der Waals surface area (Å²) in [5.41, 5.74) is 4.27.